The minimum Gasteiger partial charge on any atom is -0.332 e. The Kier molecular flexibility index (Phi) is 4.57. The van der Waals surface area contributed by atoms with Crippen LogP contribution in [0.1, 0.15) is 27.9 Å². The molecule has 5 heteroatoms. The standard InChI is InChI=1S/C18H19N3OS/c1-3-21(12-15-5-4-10-23-15)18(22)17-11-16(19-20-17)14-8-6-13(2)7-9-14/h4-11H,3,12H2,1-2H3,(H,19,20). The maximum absolute atomic E-state index is 12.7. The first kappa shape index (κ1) is 15.5. The van der Waals surface area contributed by atoms with Crippen molar-refractivity contribution in [1.82, 2.24) is 15.1 Å². The summed E-state index contributed by atoms with van der Waals surface area (Å²) in [6, 6.07) is 14.0. The van der Waals surface area contributed by atoms with E-state index < -0.39 is 0 Å². The third-order valence-electron chi connectivity index (χ3n) is 3.75. The zero-order valence-corrected chi connectivity index (χ0v) is 14.1. The molecule has 4 nitrogen and oxygen atoms in total. The van der Waals surface area contributed by atoms with Crippen LogP contribution in [0.3, 0.4) is 0 Å². The molecule has 0 aliphatic carbocycles. The molecule has 0 atom stereocenters. The molecule has 1 N–H and O–H groups in total. The summed E-state index contributed by atoms with van der Waals surface area (Å²) in [5.41, 5.74) is 3.53. The highest BCUT2D eigenvalue weighted by atomic mass is 32.1. The first-order valence-corrected chi connectivity index (χ1v) is 8.49. The molecular formula is C18H19N3OS. The van der Waals surface area contributed by atoms with Crippen molar-refractivity contribution in [3.8, 4) is 11.3 Å². The van der Waals surface area contributed by atoms with E-state index in [1.807, 2.05) is 66.6 Å². The summed E-state index contributed by atoms with van der Waals surface area (Å²) in [6.07, 6.45) is 0. The second-order valence-corrected chi connectivity index (χ2v) is 6.46. The third kappa shape index (κ3) is 3.51. The summed E-state index contributed by atoms with van der Waals surface area (Å²) in [4.78, 5) is 15.7. The molecule has 0 saturated heterocycles. The molecule has 0 aliphatic rings. The van der Waals surface area contributed by atoms with E-state index in [1.165, 1.54) is 10.4 Å². The van der Waals surface area contributed by atoms with Crippen molar-refractivity contribution >= 4 is 17.2 Å². The lowest BCUT2D eigenvalue weighted by Gasteiger charge is -2.19. The molecule has 0 aliphatic heterocycles. The normalized spacial score (nSPS) is 10.7. The smallest absolute Gasteiger partial charge is 0.272 e. The Labute approximate surface area is 139 Å². The largest absolute Gasteiger partial charge is 0.332 e. The molecule has 2 aromatic heterocycles. The molecule has 118 valence electrons. The summed E-state index contributed by atoms with van der Waals surface area (Å²) in [5, 5.41) is 9.18. The van der Waals surface area contributed by atoms with Crippen LogP contribution < -0.4 is 0 Å². The molecular weight excluding hydrogens is 306 g/mol. The summed E-state index contributed by atoms with van der Waals surface area (Å²) in [6.45, 7) is 5.33. The molecule has 0 radical (unpaired) electrons. The number of nitrogens with zero attached hydrogens (tertiary/aromatic N) is 2. The molecule has 0 bridgehead atoms. The monoisotopic (exact) mass is 325 g/mol. The number of hydrogen-bond donors (Lipinski definition) is 1. The summed E-state index contributed by atoms with van der Waals surface area (Å²) in [5.74, 6) is -0.0215. The lowest BCUT2D eigenvalue weighted by molar-refractivity contribution is 0.0748. The Bertz CT molecular complexity index is 775. The number of carbonyl (C=O) groups excluding carboxylic acids is 1. The van der Waals surface area contributed by atoms with Gasteiger partial charge in [0.05, 0.1) is 12.2 Å². The number of aromatic amines is 1. The summed E-state index contributed by atoms with van der Waals surface area (Å²) >= 11 is 1.66. The van der Waals surface area contributed by atoms with E-state index in [9.17, 15) is 4.79 Å². The summed E-state index contributed by atoms with van der Waals surface area (Å²) in [7, 11) is 0. The van der Waals surface area contributed by atoms with Crippen molar-refractivity contribution in [2.75, 3.05) is 6.54 Å². The van der Waals surface area contributed by atoms with Crippen LogP contribution in [0.2, 0.25) is 0 Å². The molecule has 23 heavy (non-hydrogen) atoms. The fraction of sp³-hybridized carbons (Fsp3) is 0.222. The van der Waals surface area contributed by atoms with Gasteiger partial charge in [0.25, 0.3) is 5.91 Å². The Morgan fingerprint density at radius 2 is 2.04 bits per heavy atom. The molecule has 1 aromatic carbocycles. The van der Waals surface area contributed by atoms with Crippen LogP contribution in [0.4, 0.5) is 0 Å². The average molecular weight is 325 g/mol. The van der Waals surface area contributed by atoms with Gasteiger partial charge < -0.3 is 4.90 Å². The lowest BCUT2D eigenvalue weighted by Crippen LogP contribution is -2.30. The zero-order chi connectivity index (χ0) is 16.2. The van der Waals surface area contributed by atoms with E-state index in [-0.39, 0.29) is 5.91 Å². The van der Waals surface area contributed by atoms with Crippen LogP contribution >= 0.6 is 11.3 Å². The topological polar surface area (TPSA) is 49.0 Å². The van der Waals surface area contributed by atoms with Crippen molar-refractivity contribution < 1.29 is 4.79 Å². The van der Waals surface area contributed by atoms with Gasteiger partial charge in [-0.3, -0.25) is 9.89 Å². The minimum atomic E-state index is -0.0215. The SMILES string of the molecule is CCN(Cc1cccs1)C(=O)c1cc(-c2ccc(C)cc2)n[nH]1. The number of carbonyl (C=O) groups is 1. The second-order valence-electron chi connectivity index (χ2n) is 5.43. The quantitative estimate of drug-likeness (QED) is 0.767. The fourth-order valence-corrected chi connectivity index (χ4v) is 3.11. The van der Waals surface area contributed by atoms with Gasteiger partial charge in [0, 0.05) is 17.0 Å². The second kappa shape index (κ2) is 6.79. The third-order valence-corrected chi connectivity index (χ3v) is 4.61. The van der Waals surface area contributed by atoms with E-state index in [2.05, 4.69) is 10.2 Å². The van der Waals surface area contributed by atoms with Crippen molar-refractivity contribution in [2.45, 2.75) is 20.4 Å². The van der Waals surface area contributed by atoms with Crippen molar-refractivity contribution in [1.29, 1.82) is 0 Å². The van der Waals surface area contributed by atoms with Crippen LogP contribution in [0.15, 0.2) is 47.8 Å². The van der Waals surface area contributed by atoms with Gasteiger partial charge in [0.1, 0.15) is 5.69 Å². The van der Waals surface area contributed by atoms with Crippen LogP contribution in [-0.4, -0.2) is 27.5 Å². The number of aryl methyl sites for hydroxylation is 1. The molecule has 2 heterocycles. The number of hydrogen-bond acceptors (Lipinski definition) is 3. The van der Waals surface area contributed by atoms with Crippen LogP contribution in [0.5, 0.6) is 0 Å². The van der Waals surface area contributed by atoms with Crippen LogP contribution in [-0.2, 0) is 6.54 Å². The summed E-state index contributed by atoms with van der Waals surface area (Å²) < 4.78 is 0. The molecule has 0 spiro atoms. The number of benzene rings is 1. The van der Waals surface area contributed by atoms with E-state index in [0.29, 0.717) is 18.8 Å². The highest BCUT2D eigenvalue weighted by Crippen LogP contribution is 2.20. The Hall–Kier alpha value is -2.40. The van der Waals surface area contributed by atoms with Gasteiger partial charge >= 0.3 is 0 Å². The van der Waals surface area contributed by atoms with Crippen molar-refractivity contribution in [3.63, 3.8) is 0 Å². The first-order valence-electron chi connectivity index (χ1n) is 7.61. The van der Waals surface area contributed by atoms with Gasteiger partial charge in [-0.2, -0.15) is 5.10 Å². The van der Waals surface area contributed by atoms with E-state index in [4.69, 9.17) is 0 Å². The molecule has 0 unspecified atom stereocenters. The van der Waals surface area contributed by atoms with Crippen LogP contribution in [0, 0.1) is 6.92 Å². The maximum atomic E-state index is 12.7. The van der Waals surface area contributed by atoms with Gasteiger partial charge in [-0.25, -0.2) is 0 Å². The Morgan fingerprint density at radius 1 is 1.26 bits per heavy atom. The van der Waals surface area contributed by atoms with Gasteiger partial charge in [-0.15, -0.1) is 11.3 Å². The number of aromatic nitrogens is 2. The lowest BCUT2D eigenvalue weighted by atomic mass is 10.1. The van der Waals surface area contributed by atoms with E-state index in [1.54, 1.807) is 11.3 Å². The number of thiophene rings is 1. The predicted molar refractivity (Wildman–Crippen MR) is 93.5 cm³/mol. The predicted octanol–water partition coefficient (Wildman–Crippen LogP) is 4.11. The van der Waals surface area contributed by atoms with E-state index >= 15 is 0 Å². The molecule has 0 fully saturated rings. The number of rotatable bonds is 5. The maximum Gasteiger partial charge on any atom is 0.272 e. The van der Waals surface area contributed by atoms with Gasteiger partial charge in [0.15, 0.2) is 0 Å². The van der Waals surface area contributed by atoms with E-state index in [0.717, 1.165) is 11.3 Å². The number of amides is 1. The fourth-order valence-electron chi connectivity index (χ4n) is 2.39. The first-order chi connectivity index (χ1) is 11.2. The Balaban J connectivity index is 1.78. The minimum absolute atomic E-state index is 0.0215. The zero-order valence-electron chi connectivity index (χ0n) is 13.2. The van der Waals surface area contributed by atoms with Crippen molar-refractivity contribution in [2.24, 2.45) is 0 Å². The number of nitrogens with one attached hydrogen (secondary N) is 1. The van der Waals surface area contributed by atoms with Crippen LogP contribution in [0.25, 0.3) is 11.3 Å². The van der Waals surface area contributed by atoms with Crippen molar-refractivity contribution in [3.05, 3.63) is 64.0 Å². The molecule has 1 amide bonds. The molecule has 3 aromatic rings. The Morgan fingerprint density at radius 3 is 2.70 bits per heavy atom. The van der Waals surface area contributed by atoms with Gasteiger partial charge in [-0.1, -0.05) is 35.9 Å². The van der Waals surface area contributed by atoms with Gasteiger partial charge in [-0.05, 0) is 31.4 Å². The highest BCUT2D eigenvalue weighted by Gasteiger charge is 2.18. The molecule has 0 saturated carbocycles. The number of H-pyrrole nitrogens is 1. The average Bonchev–Trinajstić information content (AvgIpc) is 3.24. The highest BCUT2D eigenvalue weighted by molar-refractivity contribution is 7.09. The molecule has 3 rings (SSSR count). The van der Waals surface area contributed by atoms with Gasteiger partial charge in [0.2, 0.25) is 0 Å².